The van der Waals surface area contributed by atoms with E-state index in [1.54, 1.807) is 6.20 Å². The predicted octanol–water partition coefficient (Wildman–Crippen LogP) is 1.67. The zero-order chi connectivity index (χ0) is 11.3. The topological polar surface area (TPSA) is 39.1 Å². The second kappa shape index (κ2) is 5.75. The first kappa shape index (κ1) is 12.0. The number of nitrogens with zero attached hydrogens (tertiary/aromatic N) is 2. The minimum absolute atomic E-state index is 0.168. The molecule has 4 nitrogen and oxygen atoms in total. The summed E-state index contributed by atoms with van der Waals surface area (Å²) in [5.74, 6) is 0.843. The maximum atomic E-state index is 5.70. The molecule has 0 spiro atoms. The molecule has 1 unspecified atom stereocenters. The molecule has 15 heavy (non-hydrogen) atoms. The van der Waals surface area contributed by atoms with Crippen molar-refractivity contribution in [3.8, 4) is 5.75 Å². The lowest BCUT2D eigenvalue weighted by Gasteiger charge is -2.15. The summed E-state index contributed by atoms with van der Waals surface area (Å²) in [6, 6.07) is 0.495. The zero-order valence-corrected chi connectivity index (χ0v) is 10.0. The van der Waals surface area contributed by atoms with Crippen molar-refractivity contribution in [2.75, 3.05) is 6.54 Å². The normalized spacial score (nSPS) is 13.1. The molecule has 0 saturated carbocycles. The van der Waals surface area contributed by atoms with E-state index in [4.69, 9.17) is 4.74 Å². The van der Waals surface area contributed by atoms with E-state index >= 15 is 0 Å². The van der Waals surface area contributed by atoms with Gasteiger partial charge in [0.25, 0.3) is 0 Å². The summed E-state index contributed by atoms with van der Waals surface area (Å²) in [5, 5.41) is 7.49. The summed E-state index contributed by atoms with van der Waals surface area (Å²) in [4.78, 5) is 0. The molecule has 1 N–H and O–H groups in total. The monoisotopic (exact) mass is 211 g/mol. The Kier molecular flexibility index (Phi) is 4.62. The number of rotatable bonds is 6. The molecule has 1 atom stereocenters. The first-order valence-corrected chi connectivity index (χ1v) is 5.54. The second-order valence-corrected chi connectivity index (χ2v) is 4.02. The number of hydrogen-bond acceptors (Lipinski definition) is 3. The van der Waals surface area contributed by atoms with Gasteiger partial charge in [-0.15, -0.1) is 0 Å². The molecule has 1 heterocycles. The van der Waals surface area contributed by atoms with Crippen molar-refractivity contribution in [2.24, 2.45) is 0 Å². The Bertz CT molecular complexity index is 283. The van der Waals surface area contributed by atoms with Crippen molar-refractivity contribution in [1.29, 1.82) is 0 Å². The van der Waals surface area contributed by atoms with E-state index in [1.165, 1.54) is 0 Å². The molecule has 1 rings (SSSR count). The van der Waals surface area contributed by atoms with E-state index in [0.29, 0.717) is 6.04 Å². The Labute approximate surface area is 91.6 Å². The Morgan fingerprint density at radius 1 is 1.47 bits per heavy atom. The Morgan fingerprint density at radius 2 is 2.20 bits per heavy atom. The second-order valence-electron chi connectivity index (χ2n) is 4.02. The average molecular weight is 211 g/mol. The van der Waals surface area contributed by atoms with Crippen LogP contribution in [0, 0.1) is 0 Å². The van der Waals surface area contributed by atoms with Crippen molar-refractivity contribution in [2.45, 2.75) is 46.4 Å². The van der Waals surface area contributed by atoms with E-state index in [9.17, 15) is 0 Å². The summed E-state index contributed by atoms with van der Waals surface area (Å²) >= 11 is 0. The molecule has 1 aromatic heterocycles. The fraction of sp³-hybridized carbons (Fsp3) is 0.727. The van der Waals surface area contributed by atoms with Gasteiger partial charge >= 0.3 is 0 Å². The average Bonchev–Trinajstić information content (AvgIpc) is 2.62. The molecule has 4 heteroatoms. The van der Waals surface area contributed by atoms with Crippen molar-refractivity contribution in [3.05, 3.63) is 12.4 Å². The lowest BCUT2D eigenvalue weighted by Crippen LogP contribution is -2.33. The van der Waals surface area contributed by atoms with Gasteiger partial charge in [-0.3, -0.25) is 4.68 Å². The van der Waals surface area contributed by atoms with E-state index in [1.807, 2.05) is 10.9 Å². The highest BCUT2D eigenvalue weighted by Gasteiger charge is 2.06. The van der Waals surface area contributed by atoms with Crippen LogP contribution in [0.25, 0.3) is 0 Å². The number of hydrogen-bond donors (Lipinski definition) is 1. The van der Waals surface area contributed by atoms with Gasteiger partial charge in [-0.2, -0.15) is 5.10 Å². The molecule has 1 aromatic rings. The smallest absolute Gasteiger partial charge is 0.157 e. The lowest BCUT2D eigenvalue weighted by atomic mass is 10.3. The summed E-state index contributed by atoms with van der Waals surface area (Å²) in [6.45, 7) is 10.1. The highest BCUT2D eigenvalue weighted by Crippen LogP contribution is 2.10. The largest absolute Gasteiger partial charge is 0.486 e. The first-order chi connectivity index (χ1) is 7.11. The molecular weight excluding hydrogens is 190 g/mol. The van der Waals surface area contributed by atoms with Crippen LogP contribution in [-0.2, 0) is 6.54 Å². The molecule has 0 saturated heterocycles. The molecular formula is C11H21N3O. The highest BCUT2D eigenvalue weighted by atomic mass is 16.5. The van der Waals surface area contributed by atoms with Crippen LogP contribution in [-0.4, -0.2) is 28.5 Å². The summed E-state index contributed by atoms with van der Waals surface area (Å²) in [5.41, 5.74) is 0. The van der Waals surface area contributed by atoms with Crippen molar-refractivity contribution in [3.63, 3.8) is 0 Å². The number of ether oxygens (including phenoxy) is 1. The van der Waals surface area contributed by atoms with Gasteiger partial charge in [0, 0.05) is 19.1 Å². The summed E-state index contributed by atoms with van der Waals surface area (Å²) < 4.78 is 7.56. The van der Waals surface area contributed by atoms with Gasteiger partial charge in [0.05, 0.1) is 12.4 Å². The number of nitrogens with one attached hydrogen (secondary N) is 1. The van der Waals surface area contributed by atoms with Crippen molar-refractivity contribution in [1.82, 2.24) is 15.1 Å². The third kappa shape index (κ3) is 4.34. The van der Waals surface area contributed by atoms with Gasteiger partial charge in [0.15, 0.2) is 5.75 Å². The Balaban J connectivity index is 2.33. The van der Waals surface area contributed by atoms with Gasteiger partial charge in [-0.05, 0) is 13.8 Å². The molecule has 0 aliphatic rings. The van der Waals surface area contributed by atoms with Gasteiger partial charge in [-0.25, -0.2) is 0 Å². The SMILES string of the molecule is CCn1cc(OC(C)CNC(C)C)cn1. The summed E-state index contributed by atoms with van der Waals surface area (Å²) in [6.07, 6.45) is 3.85. The van der Waals surface area contributed by atoms with Crippen molar-refractivity contribution >= 4 is 0 Å². The standard InChI is InChI=1S/C11H21N3O/c1-5-14-8-11(7-13-14)15-10(4)6-12-9(2)3/h7-10,12H,5-6H2,1-4H3. The van der Waals surface area contributed by atoms with Crippen LogP contribution in [0.1, 0.15) is 27.7 Å². The predicted molar refractivity (Wildman–Crippen MR) is 61.1 cm³/mol. The van der Waals surface area contributed by atoms with E-state index < -0.39 is 0 Å². The highest BCUT2D eigenvalue weighted by molar-refractivity contribution is 5.12. The van der Waals surface area contributed by atoms with Gasteiger partial charge in [0.1, 0.15) is 6.10 Å². The molecule has 0 radical (unpaired) electrons. The third-order valence-corrected chi connectivity index (χ3v) is 2.08. The van der Waals surface area contributed by atoms with Crippen LogP contribution in [0.4, 0.5) is 0 Å². The first-order valence-electron chi connectivity index (χ1n) is 5.54. The molecule has 0 aliphatic carbocycles. The minimum atomic E-state index is 0.168. The zero-order valence-electron chi connectivity index (χ0n) is 10.0. The van der Waals surface area contributed by atoms with Gasteiger partial charge in [0.2, 0.25) is 0 Å². The van der Waals surface area contributed by atoms with Crippen LogP contribution < -0.4 is 10.1 Å². The molecule has 0 aliphatic heterocycles. The van der Waals surface area contributed by atoms with Crippen LogP contribution in [0.5, 0.6) is 5.75 Å². The molecule has 0 fully saturated rings. The van der Waals surface area contributed by atoms with Crippen LogP contribution in [0.2, 0.25) is 0 Å². The van der Waals surface area contributed by atoms with Crippen LogP contribution in [0.15, 0.2) is 12.4 Å². The molecule has 86 valence electrons. The van der Waals surface area contributed by atoms with Crippen LogP contribution in [0.3, 0.4) is 0 Å². The third-order valence-electron chi connectivity index (χ3n) is 2.08. The molecule has 0 amide bonds. The summed E-state index contributed by atoms with van der Waals surface area (Å²) in [7, 11) is 0. The molecule has 0 bridgehead atoms. The molecule has 0 aromatic carbocycles. The lowest BCUT2D eigenvalue weighted by molar-refractivity contribution is 0.213. The maximum absolute atomic E-state index is 5.70. The van der Waals surface area contributed by atoms with Crippen molar-refractivity contribution < 1.29 is 4.74 Å². The van der Waals surface area contributed by atoms with E-state index in [2.05, 4.69) is 38.1 Å². The van der Waals surface area contributed by atoms with E-state index in [-0.39, 0.29) is 6.10 Å². The Hall–Kier alpha value is -1.03. The Morgan fingerprint density at radius 3 is 2.73 bits per heavy atom. The fourth-order valence-corrected chi connectivity index (χ4v) is 1.25. The maximum Gasteiger partial charge on any atom is 0.157 e. The van der Waals surface area contributed by atoms with Gasteiger partial charge < -0.3 is 10.1 Å². The fourth-order valence-electron chi connectivity index (χ4n) is 1.25. The number of aryl methyl sites for hydroxylation is 1. The van der Waals surface area contributed by atoms with Gasteiger partial charge in [-0.1, -0.05) is 13.8 Å². The van der Waals surface area contributed by atoms with E-state index in [0.717, 1.165) is 18.8 Å². The van der Waals surface area contributed by atoms with Crippen LogP contribution >= 0.6 is 0 Å². The quantitative estimate of drug-likeness (QED) is 0.778. The minimum Gasteiger partial charge on any atom is -0.486 e. The number of aromatic nitrogens is 2.